The highest BCUT2D eigenvalue weighted by molar-refractivity contribution is 6.35. The average Bonchev–Trinajstić information content (AvgIpc) is 2.01. The van der Waals surface area contributed by atoms with Gasteiger partial charge in [-0.15, -0.1) is 0 Å². The molecule has 1 heterocycles. The van der Waals surface area contributed by atoms with Crippen LogP contribution >= 0.6 is 23.2 Å². The van der Waals surface area contributed by atoms with E-state index in [1.807, 2.05) is 0 Å². The average molecular weight is 247 g/mol. The maximum Gasteiger partial charge on any atom is 0.422 e. The Morgan fingerprint density at radius 3 is 2.14 bits per heavy atom. The second-order valence-corrected chi connectivity index (χ2v) is 2.90. The van der Waals surface area contributed by atoms with Gasteiger partial charge in [0.15, 0.2) is 22.7 Å². The summed E-state index contributed by atoms with van der Waals surface area (Å²) in [4.78, 5) is 6.84. The molecule has 0 N–H and O–H groups in total. The number of nitrogens with zero attached hydrogens (tertiary/aromatic N) is 2. The first-order valence-electron chi connectivity index (χ1n) is 3.25. The Labute approximate surface area is 86.8 Å². The van der Waals surface area contributed by atoms with Crippen LogP contribution in [-0.4, -0.2) is 22.8 Å². The van der Waals surface area contributed by atoms with Crippen molar-refractivity contribution in [3.63, 3.8) is 0 Å². The summed E-state index contributed by atoms with van der Waals surface area (Å²) in [6.07, 6.45) is -3.44. The van der Waals surface area contributed by atoms with Crippen LogP contribution in [-0.2, 0) is 0 Å². The van der Waals surface area contributed by atoms with Gasteiger partial charge in [-0.2, -0.15) is 13.2 Å². The van der Waals surface area contributed by atoms with Gasteiger partial charge in [0.05, 0.1) is 0 Å². The van der Waals surface area contributed by atoms with E-state index in [9.17, 15) is 13.2 Å². The number of alkyl halides is 3. The fourth-order valence-electron chi connectivity index (χ4n) is 0.606. The molecule has 3 nitrogen and oxygen atoms in total. The lowest BCUT2D eigenvalue weighted by atomic mass is 10.6. The molecule has 8 heteroatoms. The van der Waals surface area contributed by atoms with E-state index in [0.717, 1.165) is 6.33 Å². The molecule has 1 aromatic rings. The number of rotatable bonds is 2. The Hall–Kier alpha value is -0.750. The quantitative estimate of drug-likeness (QED) is 0.753. The maximum absolute atomic E-state index is 11.8. The highest BCUT2D eigenvalue weighted by atomic mass is 35.5. The molecule has 1 rings (SSSR count). The highest BCUT2D eigenvalue weighted by Gasteiger charge is 2.29. The second kappa shape index (κ2) is 4.18. The molecule has 0 saturated heterocycles. The number of ether oxygens (including phenoxy) is 1. The van der Waals surface area contributed by atoms with Gasteiger partial charge in [0.1, 0.15) is 6.33 Å². The van der Waals surface area contributed by atoms with Gasteiger partial charge in [0, 0.05) is 0 Å². The molecule has 14 heavy (non-hydrogen) atoms. The van der Waals surface area contributed by atoms with E-state index in [4.69, 9.17) is 23.2 Å². The van der Waals surface area contributed by atoms with Crippen molar-refractivity contribution in [2.45, 2.75) is 6.18 Å². The standard InChI is InChI=1S/C6H3Cl2F3N2O/c7-4-3(5(8)13-2-12-4)14-1-6(9,10)11/h2H,1H2. The first-order chi connectivity index (χ1) is 6.40. The van der Waals surface area contributed by atoms with Crippen LogP contribution in [0.2, 0.25) is 10.3 Å². The summed E-state index contributed by atoms with van der Waals surface area (Å²) < 4.78 is 39.6. The molecular formula is C6H3Cl2F3N2O. The first kappa shape index (κ1) is 11.3. The van der Waals surface area contributed by atoms with E-state index in [-0.39, 0.29) is 16.1 Å². The molecule has 0 atom stereocenters. The Morgan fingerprint density at radius 1 is 1.21 bits per heavy atom. The molecule has 0 aliphatic heterocycles. The number of hydrogen-bond acceptors (Lipinski definition) is 3. The lowest BCUT2D eigenvalue weighted by Gasteiger charge is -2.09. The van der Waals surface area contributed by atoms with Gasteiger partial charge in [0.25, 0.3) is 0 Å². The fourth-order valence-corrected chi connectivity index (χ4v) is 1.03. The minimum atomic E-state index is -4.46. The van der Waals surface area contributed by atoms with Crippen molar-refractivity contribution in [2.24, 2.45) is 0 Å². The number of halogens is 5. The summed E-state index contributed by atoms with van der Waals surface area (Å²) in [5, 5.41) is -0.511. The lowest BCUT2D eigenvalue weighted by molar-refractivity contribution is -0.153. The predicted molar refractivity (Wildman–Crippen MR) is 43.6 cm³/mol. The van der Waals surface area contributed by atoms with Crippen LogP contribution in [0.3, 0.4) is 0 Å². The number of hydrogen-bond donors (Lipinski definition) is 0. The summed E-state index contributed by atoms with van der Waals surface area (Å²) in [5.74, 6) is -0.367. The summed E-state index contributed by atoms with van der Waals surface area (Å²) in [6, 6.07) is 0. The molecule has 0 bridgehead atoms. The SMILES string of the molecule is FC(F)(F)COc1c(Cl)ncnc1Cl. The van der Waals surface area contributed by atoms with E-state index in [1.165, 1.54) is 0 Å². The molecule has 0 fully saturated rings. The van der Waals surface area contributed by atoms with E-state index in [0.29, 0.717) is 0 Å². The van der Waals surface area contributed by atoms with Gasteiger partial charge in [-0.25, -0.2) is 9.97 Å². The van der Waals surface area contributed by atoms with Crippen LogP contribution in [0.5, 0.6) is 5.75 Å². The third kappa shape index (κ3) is 3.19. The maximum atomic E-state index is 11.8. The third-order valence-corrected chi connectivity index (χ3v) is 1.64. The van der Waals surface area contributed by atoms with Crippen LogP contribution in [0, 0.1) is 0 Å². The van der Waals surface area contributed by atoms with Crippen molar-refractivity contribution in [1.29, 1.82) is 0 Å². The van der Waals surface area contributed by atoms with Gasteiger partial charge in [-0.1, -0.05) is 23.2 Å². The van der Waals surface area contributed by atoms with Crippen LogP contribution in [0.15, 0.2) is 6.33 Å². The Bertz CT molecular complexity index is 311. The minimum Gasteiger partial charge on any atom is -0.478 e. The van der Waals surface area contributed by atoms with Gasteiger partial charge >= 0.3 is 6.18 Å². The van der Waals surface area contributed by atoms with Gasteiger partial charge in [0.2, 0.25) is 0 Å². The van der Waals surface area contributed by atoms with Crippen molar-refractivity contribution < 1.29 is 17.9 Å². The Balaban J connectivity index is 2.77. The Kier molecular flexibility index (Phi) is 3.38. The predicted octanol–water partition coefficient (Wildman–Crippen LogP) is 2.72. The summed E-state index contributed by atoms with van der Waals surface area (Å²) >= 11 is 10.9. The first-order valence-corrected chi connectivity index (χ1v) is 4.01. The zero-order valence-electron chi connectivity index (χ0n) is 6.48. The summed E-state index contributed by atoms with van der Waals surface area (Å²) in [7, 11) is 0. The normalized spacial score (nSPS) is 11.5. The van der Waals surface area contributed by atoms with E-state index in [1.54, 1.807) is 0 Å². The molecule has 0 aliphatic carbocycles. The smallest absolute Gasteiger partial charge is 0.422 e. The fraction of sp³-hybridized carbons (Fsp3) is 0.333. The van der Waals surface area contributed by atoms with E-state index in [2.05, 4.69) is 14.7 Å². The molecule has 0 saturated carbocycles. The molecule has 0 aromatic carbocycles. The van der Waals surface area contributed by atoms with E-state index >= 15 is 0 Å². The summed E-state index contributed by atoms with van der Waals surface area (Å²) in [5.41, 5.74) is 0. The van der Waals surface area contributed by atoms with Crippen LogP contribution in [0.4, 0.5) is 13.2 Å². The number of aromatic nitrogens is 2. The van der Waals surface area contributed by atoms with Crippen molar-refractivity contribution in [3.8, 4) is 5.75 Å². The van der Waals surface area contributed by atoms with Crippen molar-refractivity contribution in [1.82, 2.24) is 9.97 Å². The molecule has 0 aliphatic rings. The van der Waals surface area contributed by atoms with Gasteiger partial charge < -0.3 is 4.74 Å². The second-order valence-electron chi connectivity index (χ2n) is 2.19. The van der Waals surface area contributed by atoms with Crippen LogP contribution in [0.1, 0.15) is 0 Å². The third-order valence-electron chi connectivity index (χ3n) is 1.10. The highest BCUT2D eigenvalue weighted by Crippen LogP contribution is 2.29. The van der Waals surface area contributed by atoms with Crippen molar-refractivity contribution in [3.05, 3.63) is 16.6 Å². The molecule has 1 aromatic heterocycles. The largest absolute Gasteiger partial charge is 0.478 e. The molecule has 0 spiro atoms. The van der Waals surface area contributed by atoms with Gasteiger partial charge in [-0.3, -0.25) is 0 Å². The molecule has 0 radical (unpaired) electrons. The zero-order chi connectivity index (χ0) is 10.8. The summed E-state index contributed by atoms with van der Waals surface area (Å²) in [6.45, 7) is -1.49. The van der Waals surface area contributed by atoms with E-state index < -0.39 is 12.8 Å². The molecule has 0 amide bonds. The molecule has 0 unspecified atom stereocenters. The van der Waals surface area contributed by atoms with Gasteiger partial charge in [-0.05, 0) is 0 Å². The van der Waals surface area contributed by atoms with Crippen LogP contribution < -0.4 is 4.74 Å². The topological polar surface area (TPSA) is 35.0 Å². The molecule has 78 valence electrons. The lowest BCUT2D eigenvalue weighted by Crippen LogP contribution is -2.19. The van der Waals surface area contributed by atoms with Crippen molar-refractivity contribution in [2.75, 3.05) is 6.61 Å². The monoisotopic (exact) mass is 246 g/mol. The molecular weight excluding hydrogens is 244 g/mol. The Morgan fingerprint density at radius 2 is 1.71 bits per heavy atom. The minimum absolute atomic E-state index is 0.255. The zero-order valence-corrected chi connectivity index (χ0v) is 7.99. The van der Waals surface area contributed by atoms with Crippen LogP contribution in [0.25, 0.3) is 0 Å². The van der Waals surface area contributed by atoms with Crippen molar-refractivity contribution >= 4 is 23.2 Å².